The van der Waals surface area contributed by atoms with Gasteiger partial charge in [0, 0.05) is 12.0 Å². The first-order chi connectivity index (χ1) is 12.5. The average Bonchev–Trinajstić information content (AvgIpc) is 2.87. The number of nitrogens with one attached hydrogen (secondary N) is 1. The molecule has 0 bridgehead atoms. The van der Waals surface area contributed by atoms with Gasteiger partial charge >= 0.3 is 6.03 Å². The maximum Gasteiger partial charge on any atom is 0.325 e. The first-order valence-electron chi connectivity index (χ1n) is 8.41. The van der Waals surface area contributed by atoms with E-state index < -0.39 is 11.6 Å². The van der Waals surface area contributed by atoms with E-state index in [1.54, 1.807) is 12.1 Å². The largest absolute Gasteiger partial charge is 0.493 e. The molecule has 1 unspecified atom stereocenters. The number of nitriles is 1. The van der Waals surface area contributed by atoms with Gasteiger partial charge in [-0.05, 0) is 30.2 Å². The van der Waals surface area contributed by atoms with Crippen LogP contribution in [0.5, 0.6) is 5.75 Å². The number of imide groups is 1. The van der Waals surface area contributed by atoms with Crippen molar-refractivity contribution in [2.75, 3.05) is 6.61 Å². The molecule has 6 heteroatoms. The van der Waals surface area contributed by atoms with Crippen LogP contribution in [-0.4, -0.2) is 23.4 Å². The lowest BCUT2D eigenvalue weighted by Crippen LogP contribution is -2.47. The van der Waals surface area contributed by atoms with Gasteiger partial charge < -0.3 is 10.1 Å². The standard InChI is InChI=1S/C20H17N3O3/c1-13-10-14(6-7-15(13)11-21)12-23-18(24)20(22-19(23)25)8-9-26-17-5-3-2-4-16(17)20/h2-7,10H,8-9,12H2,1H3,(H,22,25). The number of para-hydroxylation sites is 1. The molecule has 2 aromatic carbocycles. The molecule has 2 heterocycles. The number of nitrogens with zero attached hydrogens (tertiary/aromatic N) is 2. The molecule has 0 aromatic heterocycles. The number of hydrogen-bond donors (Lipinski definition) is 1. The molecule has 1 N–H and O–H groups in total. The molecule has 4 rings (SSSR count). The second-order valence-corrected chi connectivity index (χ2v) is 6.58. The smallest absolute Gasteiger partial charge is 0.325 e. The van der Waals surface area contributed by atoms with Gasteiger partial charge in [-0.2, -0.15) is 5.26 Å². The lowest BCUT2D eigenvalue weighted by molar-refractivity contribution is -0.133. The van der Waals surface area contributed by atoms with Crippen LogP contribution in [0.3, 0.4) is 0 Å². The van der Waals surface area contributed by atoms with Gasteiger partial charge in [0.2, 0.25) is 0 Å². The van der Waals surface area contributed by atoms with Crippen LogP contribution in [0.15, 0.2) is 42.5 Å². The van der Waals surface area contributed by atoms with E-state index in [4.69, 9.17) is 10.00 Å². The third kappa shape index (κ3) is 2.32. The molecule has 2 aromatic rings. The highest BCUT2D eigenvalue weighted by molar-refractivity contribution is 6.07. The summed E-state index contributed by atoms with van der Waals surface area (Å²) in [5.41, 5.74) is 1.85. The molecule has 26 heavy (non-hydrogen) atoms. The molecule has 0 aliphatic carbocycles. The number of rotatable bonds is 2. The van der Waals surface area contributed by atoms with E-state index in [-0.39, 0.29) is 12.5 Å². The van der Waals surface area contributed by atoms with Crippen molar-refractivity contribution in [1.29, 1.82) is 5.26 Å². The molecule has 2 aliphatic rings. The Hall–Kier alpha value is -3.33. The van der Waals surface area contributed by atoms with Gasteiger partial charge in [0.05, 0.1) is 24.8 Å². The SMILES string of the molecule is Cc1cc(CN2C(=O)NC3(CCOc4ccccc43)C2=O)ccc1C#N. The second-order valence-electron chi connectivity index (χ2n) is 6.58. The summed E-state index contributed by atoms with van der Waals surface area (Å²) < 4.78 is 5.64. The van der Waals surface area contributed by atoms with Gasteiger partial charge in [-0.3, -0.25) is 9.69 Å². The number of benzene rings is 2. The summed E-state index contributed by atoms with van der Waals surface area (Å²) in [6.07, 6.45) is 0.400. The molecule has 1 saturated heterocycles. The predicted octanol–water partition coefficient (Wildman–Crippen LogP) is 2.60. The summed E-state index contributed by atoms with van der Waals surface area (Å²) in [7, 11) is 0. The molecule has 0 saturated carbocycles. The van der Waals surface area contributed by atoms with Gasteiger partial charge in [-0.25, -0.2) is 4.79 Å². The summed E-state index contributed by atoms with van der Waals surface area (Å²) >= 11 is 0. The van der Waals surface area contributed by atoms with Crippen molar-refractivity contribution in [3.63, 3.8) is 0 Å². The fourth-order valence-corrected chi connectivity index (χ4v) is 3.65. The summed E-state index contributed by atoms with van der Waals surface area (Å²) in [6.45, 7) is 2.37. The Morgan fingerprint density at radius 3 is 2.85 bits per heavy atom. The lowest BCUT2D eigenvalue weighted by Gasteiger charge is -2.33. The van der Waals surface area contributed by atoms with Crippen LogP contribution in [0.2, 0.25) is 0 Å². The fraction of sp³-hybridized carbons (Fsp3) is 0.250. The van der Waals surface area contributed by atoms with Crippen molar-refractivity contribution in [2.45, 2.75) is 25.4 Å². The quantitative estimate of drug-likeness (QED) is 0.847. The number of ether oxygens (including phenoxy) is 1. The van der Waals surface area contributed by atoms with Gasteiger partial charge in [0.25, 0.3) is 5.91 Å². The zero-order valence-corrected chi connectivity index (χ0v) is 14.3. The van der Waals surface area contributed by atoms with E-state index in [1.807, 2.05) is 37.3 Å². The van der Waals surface area contributed by atoms with Crippen molar-refractivity contribution >= 4 is 11.9 Å². The third-order valence-corrected chi connectivity index (χ3v) is 5.01. The minimum absolute atomic E-state index is 0.169. The minimum Gasteiger partial charge on any atom is -0.493 e. The Morgan fingerprint density at radius 2 is 2.08 bits per heavy atom. The first-order valence-corrected chi connectivity index (χ1v) is 8.41. The van der Waals surface area contributed by atoms with Crippen molar-refractivity contribution in [2.24, 2.45) is 0 Å². The summed E-state index contributed by atoms with van der Waals surface area (Å²) in [5.74, 6) is 0.365. The molecular weight excluding hydrogens is 330 g/mol. The Labute approximate surface area is 151 Å². The van der Waals surface area contributed by atoms with Gasteiger partial charge in [0.1, 0.15) is 5.75 Å². The predicted molar refractivity (Wildman–Crippen MR) is 93.2 cm³/mol. The van der Waals surface area contributed by atoms with Crippen LogP contribution >= 0.6 is 0 Å². The lowest BCUT2D eigenvalue weighted by atomic mass is 9.84. The molecule has 130 valence electrons. The highest BCUT2D eigenvalue weighted by Crippen LogP contribution is 2.41. The first kappa shape index (κ1) is 16.2. The number of fused-ring (bicyclic) bond motifs is 2. The molecule has 1 fully saturated rings. The Kier molecular flexibility index (Phi) is 3.66. The maximum absolute atomic E-state index is 13.2. The maximum atomic E-state index is 13.2. The highest BCUT2D eigenvalue weighted by Gasteiger charge is 2.54. The van der Waals surface area contributed by atoms with Crippen molar-refractivity contribution < 1.29 is 14.3 Å². The van der Waals surface area contributed by atoms with Crippen LogP contribution in [0.4, 0.5) is 4.79 Å². The topological polar surface area (TPSA) is 82.4 Å². The van der Waals surface area contributed by atoms with E-state index in [2.05, 4.69) is 11.4 Å². The van der Waals surface area contributed by atoms with Crippen molar-refractivity contribution in [1.82, 2.24) is 10.2 Å². The molecule has 2 aliphatic heterocycles. The Bertz CT molecular complexity index is 963. The van der Waals surface area contributed by atoms with Gasteiger partial charge in [0.15, 0.2) is 5.54 Å². The molecule has 1 atom stereocenters. The highest BCUT2D eigenvalue weighted by atomic mass is 16.5. The minimum atomic E-state index is -1.06. The number of carbonyl (C=O) groups is 2. The molecule has 6 nitrogen and oxygen atoms in total. The Balaban J connectivity index is 1.67. The van der Waals surface area contributed by atoms with E-state index in [0.717, 1.165) is 11.1 Å². The van der Waals surface area contributed by atoms with Crippen molar-refractivity contribution in [3.05, 3.63) is 64.7 Å². The van der Waals surface area contributed by atoms with Crippen LogP contribution in [0.1, 0.15) is 28.7 Å². The summed E-state index contributed by atoms with van der Waals surface area (Å²) in [5, 5.41) is 11.9. The zero-order chi connectivity index (χ0) is 18.3. The second kappa shape index (κ2) is 5.88. The number of urea groups is 1. The van der Waals surface area contributed by atoms with Gasteiger partial charge in [-0.15, -0.1) is 0 Å². The zero-order valence-electron chi connectivity index (χ0n) is 14.3. The van der Waals surface area contributed by atoms with E-state index in [1.165, 1.54) is 4.90 Å². The van der Waals surface area contributed by atoms with Gasteiger partial charge in [-0.1, -0.05) is 30.3 Å². The monoisotopic (exact) mass is 347 g/mol. The normalized spacial score (nSPS) is 21.2. The van der Waals surface area contributed by atoms with Crippen LogP contribution in [0.25, 0.3) is 0 Å². The molecular formula is C20H17N3O3. The summed E-state index contributed by atoms with van der Waals surface area (Å²) in [4.78, 5) is 27.0. The van der Waals surface area contributed by atoms with Crippen LogP contribution in [0, 0.1) is 18.3 Å². The third-order valence-electron chi connectivity index (χ3n) is 5.01. The Morgan fingerprint density at radius 1 is 1.27 bits per heavy atom. The van der Waals surface area contributed by atoms with Crippen molar-refractivity contribution in [3.8, 4) is 11.8 Å². The number of carbonyl (C=O) groups excluding carboxylic acids is 2. The van der Waals surface area contributed by atoms with Crippen LogP contribution < -0.4 is 10.1 Å². The van der Waals surface area contributed by atoms with E-state index in [0.29, 0.717) is 29.9 Å². The number of hydrogen-bond acceptors (Lipinski definition) is 4. The van der Waals surface area contributed by atoms with Crippen LogP contribution in [-0.2, 0) is 16.9 Å². The average molecular weight is 347 g/mol. The molecule has 1 spiro atoms. The summed E-state index contributed by atoms with van der Waals surface area (Å²) in [6, 6.07) is 14.3. The number of aryl methyl sites for hydroxylation is 1. The van der Waals surface area contributed by atoms with E-state index in [9.17, 15) is 9.59 Å². The number of amides is 3. The molecule has 0 radical (unpaired) electrons. The fourth-order valence-electron chi connectivity index (χ4n) is 3.65. The molecule has 3 amide bonds. The van der Waals surface area contributed by atoms with E-state index >= 15 is 0 Å².